The van der Waals surface area contributed by atoms with Gasteiger partial charge in [-0.15, -0.1) is 0 Å². The Morgan fingerprint density at radius 1 is 0.844 bits per heavy atom. The van der Waals surface area contributed by atoms with Crippen molar-refractivity contribution in [3.63, 3.8) is 0 Å². The minimum atomic E-state index is -4.11. The van der Waals surface area contributed by atoms with Gasteiger partial charge in [0.05, 0.1) is 5.56 Å². The number of benzene rings is 3. The molecule has 0 aliphatic heterocycles. The first-order valence-corrected chi connectivity index (χ1v) is 10.6. The Balaban J connectivity index is 1.58. The van der Waals surface area contributed by atoms with Crippen LogP contribution in [0.3, 0.4) is 0 Å². The second-order valence-electron chi connectivity index (χ2n) is 8.37. The number of halogens is 5. The van der Waals surface area contributed by atoms with E-state index < -0.39 is 34.9 Å². The maximum Gasteiger partial charge on any atom is 0.429 e. The summed E-state index contributed by atoms with van der Waals surface area (Å²) in [5, 5.41) is 0. The van der Waals surface area contributed by atoms with Gasteiger partial charge in [-0.2, -0.15) is 8.78 Å². The number of alkyl halides is 2. The molecule has 1 nitrogen and oxygen atoms in total. The van der Waals surface area contributed by atoms with E-state index in [1.807, 2.05) is 18.2 Å². The van der Waals surface area contributed by atoms with Crippen molar-refractivity contribution in [1.82, 2.24) is 0 Å². The molecule has 4 rings (SSSR count). The summed E-state index contributed by atoms with van der Waals surface area (Å²) in [6.07, 6.45) is 0.156. The normalized spacial score (nSPS) is 15.7. The van der Waals surface area contributed by atoms with Crippen molar-refractivity contribution in [2.45, 2.75) is 45.6 Å². The molecule has 0 saturated carbocycles. The standard InChI is InChI=1S/C26H23F5O/c1-3-4-16-9-17-5-6-18(11-20(17)10-16)19-7-8-22(25(29)12-19)26(30,31)32-21-13-23(27)15(2)24(28)14-21/h5-8,11-14,16H,3-4,9-10H2,1-2H3. The molecular weight excluding hydrogens is 423 g/mol. The molecule has 0 fully saturated rings. The lowest BCUT2D eigenvalue weighted by Gasteiger charge is -2.20. The number of ether oxygens (including phenoxy) is 1. The molecule has 1 aliphatic carbocycles. The molecule has 1 unspecified atom stereocenters. The Morgan fingerprint density at radius 2 is 1.47 bits per heavy atom. The van der Waals surface area contributed by atoms with Gasteiger partial charge >= 0.3 is 6.11 Å². The number of hydrogen-bond acceptors (Lipinski definition) is 1. The first-order chi connectivity index (χ1) is 15.2. The molecular formula is C26H23F5O. The van der Waals surface area contributed by atoms with Crippen LogP contribution in [0.5, 0.6) is 5.75 Å². The molecule has 32 heavy (non-hydrogen) atoms. The van der Waals surface area contributed by atoms with Gasteiger partial charge in [-0.3, -0.25) is 0 Å². The van der Waals surface area contributed by atoms with Crippen LogP contribution in [0, 0.1) is 30.3 Å². The molecule has 0 radical (unpaired) electrons. The summed E-state index contributed by atoms with van der Waals surface area (Å²) in [6.45, 7) is 3.33. The Bertz CT molecular complexity index is 1130. The van der Waals surface area contributed by atoms with Crippen molar-refractivity contribution in [2.75, 3.05) is 0 Å². The second kappa shape index (κ2) is 8.57. The largest absolute Gasteiger partial charge is 0.429 e. The van der Waals surface area contributed by atoms with Gasteiger partial charge in [0, 0.05) is 17.7 Å². The zero-order chi connectivity index (χ0) is 23.0. The molecule has 6 heteroatoms. The minimum Gasteiger partial charge on any atom is -0.429 e. The molecule has 3 aromatic rings. The van der Waals surface area contributed by atoms with E-state index in [0.717, 1.165) is 43.4 Å². The van der Waals surface area contributed by atoms with Gasteiger partial charge in [-0.05, 0) is 60.1 Å². The highest BCUT2D eigenvalue weighted by atomic mass is 19.3. The highest BCUT2D eigenvalue weighted by Gasteiger charge is 2.38. The maximum atomic E-state index is 14.7. The quantitative estimate of drug-likeness (QED) is 0.352. The Hall–Kier alpha value is -2.89. The van der Waals surface area contributed by atoms with E-state index in [4.69, 9.17) is 0 Å². The van der Waals surface area contributed by atoms with Gasteiger partial charge in [0.2, 0.25) is 0 Å². The predicted octanol–water partition coefficient (Wildman–Crippen LogP) is 7.72. The molecule has 0 N–H and O–H groups in total. The van der Waals surface area contributed by atoms with Gasteiger partial charge in [0.1, 0.15) is 23.2 Å². The van der Waals surface area contributed by atoms with E-state index >= 15 is 0 Å². The van der Waals surface area contributed by atoms with Crippen molar-refractivity contribution in [3.05, 3.63) is 88.2 Å². The summed E-state index contributed by atoms with van der Waals surface area (Å²) in [4.78, 5) is 0. The number of hydrogen-bond donors (Lipinski definition) is 0. The Morgan fingerprint density at radius 3 is 2.12 bits per heavy atom. The van der Waals surface area contributed by atoms with E-state index in [2.05, 4.69) is 11.7 Å². The topological polar surface area (TPSA) is 9.23 Å². The lowest BCUT2D eigenvalue weighted by atomic mass is 9.99. The van der Waals surface area contributed by atoms with Crippen LogP contribution in [0.1, 0.15) is 42.0 Å². The fraction of sp³-hybridized carbons (Fsp3) is 0.308. The molecule has 0 amide bonds. The van der Waals surface area contributed by atoms with E-state index in [-0.39, 0.29) is 5.56 Å². The van der Waals surface area contributed by atoms with Crippen molar-refractivity contribution >= 4 is 0 Å². The fourth-order valence-electron chi connectivity index (χ4n) is 4.32. The van der Waals surface area contributed by atoms with Gasteiger partial charge in [0.25, 0.3) is 0 Å². The molecule has 3 aromatic carbocycles. The third kappa shape index (κ3) is 4.36. The molecule has 168 valence electrons. The number of rotatable bonds is 6. The van der Waals surface area contributed by atoms with Crippen LogP contribution in [0.4, 0.5) is 22.0 Å². The van der Waals surface area contributed by atoms with Gasteiger partial charge < -0.3 is 4.74 Å². The zero-order valence-electron chi connectivity index (χ0n) is 17.8. The van der Waals surface area contributed by atoms with Crippen molar-refractivity contribution < 1.29 is 26.7 Å². The first-order valence-electron chi connectivity index (χ1n) is 10.6. The molecule has 0 saturated heterocycles. The van der Waals surface area contributed by atoms with Crippen LogP contribution in [0.25, 0.3) is 11.1 Å². The summed E-state index contributed by atoms with van der Waals surface area (Å²) >= 11 is 0. The summed E-state index contributed by atoms with van der Waals surface area (Å²) < 4.78 is 75.7. The average Bonchev–Trinajstić information content (AvgIpc) is 3.13. The van der Waals surface area contributed by atoms with Crippen LogP contribution in [0.15, 0.2) is 48.5 Å². The minimum absolute atomic E-state index is 0.313. The molecule has 0 heterocycles. The van der Waals surface area contributed by atoms with Gasteiger partial charge in [-0.1, -0.05) is 44.0 Å². The Labute approximate surface area is 183 Å². The first kappa shape index (κ1) is 22.3. The highest BCUT2D eigenvalue weighted by molar-refractivity contribution is 5.66. The highest BCUT2D eigenvalue weighted by Crippen LogP contribution is 2.37. The van der Waals surface area contributed by atoms with E-state index in [9.17, 15) is 22.0 Å². The molecule has 0 bridgehead atoms. The maximum absolute atomic E-state index is 14.7. The SMILES string of the molecule is CCCC1Cc2ccc(-c3ccc(C(F)(F)Oc4cc(F)c(C)c(F)c4)c(F)c3)cc2C1. The van der Waals surface area contributed by atoms with Gasteiger partial charge in [0.15, 0.2) is 0 Å². The average molecular weight is 446 g/mol. The Kier molecular flexibility index (Phi) is 5.97. The lowest BCUT2D eigenvalue weighted by molar-refractivity contribution is -0.187. The van der Waals surface area contributed by atoms with Crippen LogP contribution >= 0.6 is 0 Å². The third-order valence-corrected chi connectivity index (χ3v) is 6.04. The summed E-state index contributed by atoms with van der Waals surface area (Å²) in [5.41, 5.74) is 2.39. The van der Waals surface area contributed by atoms with Crippen LogP contribution in [-0.2, 0) is 19.0 Å². The van der Waals surface area contributed by atoms with Crippen LogP contribution in [-0.4, -0.2) is 0 Å². The molecule has 0 aromatic heterocycles. The van der Waals surface area contributed by atoms with Crippen molar-refractivity contribution in [2.24, 2.45) is 5.92 Å². The van der Waals surface area contributed by atoms with Crippen LogP contribution < -0.4 is 4.74 Å². The zero-order valence-corrected chi connectivity index (χ0v) is 17.8. The van der Waals surface area contributed by atoms with E-state index in [0.29, 0.717) is 23.6 Å². The number of fused-ring (bicyclic) bond motifs is 1. The summed E-state index contributed by atoms with van der Waals surface area (Å²) in [5.74, 6) is -3.32. The monoisotopic (exact) mass is 446 g/mol. The van der Waals surface area contributed by atoms with E-state index in [1.54, 1.807) is 0 Å². The summed E-state index contributed by atoms with van der Waals surface area (Å²) in [6, 6.07) is 10.5. The molecule has 1 atom stereocenters. The smallest absolute Gasteiger partial charge is 0.429 e. The predicted molar refractivity (Wildman–Crippen MR) is 113 cm³/mol. The fourth-order valence-corrected chi connectivity index (χ4v) is 4.32. The lowest BCUT2D eigenvalue weighted by Crippen LogP contribution is -2.23. The van der Waals surface area contributed by atoms with Crippen molar-refractivity contribution in [3.8, 4) is 16.9 Å². The van der Waals surface area contributed by atoms with Crippen molar-refractivity contribution in [1.29, 1.82) is 0 Å². The van der Waals surface area contributed by atoms with Gasteiger partial charge in [-0.25, -0.2) is 13.2 Å². The summed E-state index contributed by atoms with van der Waals surface area (Å²) in [7, 11) is 0. The van der Waals surface area contributed by atoms with E-state index in [1.165, 1.54) is 24.1 Å². The molecule has 1 aliphatic rings. The van der Waals surface area contributed by atoms with Crippen LogP contribution in [0.2, 0.25) is 0 Å². The molecule has 0 spiro atoms. The third-order valence-electron chi connectivity index (χ3n) is 6.04. The second-order valence-corrected chi connectivity index (χ2v) is 8.37.